The first-order chi connectivity index (χ1) is 15.2. The zero-order valence-electron chi connectivity index (χ0n) is 17.3. The largest absolute Gasteiger partial charge is 0.483 e. The molecule has 1 aromatic carbocycles. The van der Waals surface area contributed by atoms with Gasteiger partial charge in [-0.3, -0.25) is 9.78 Å². The lowest BCUT2D eigenvalue weighted by atomic mass is 10.0. The fourth-order valence-electron chi connectivity index (χ4n) is 4.11. The van der Waals surface area contributed by atoms with Gasteiger partial charge in [0.25, 0.3) is 5.91 Å². The molecular formula is C23H23N5O3. The molecule has 1 unspecified atom stereocenters. The van der Waals surface area contributed by atoms with Crippen LogP contribution in [-0.2, 0) is 13.7 Å². The molecule has 0 radical (unpaired) electrons. The summed E-state index contributed by atoms with van der Waals surface area (Å²) >= 11 is 0. The molecule has 5 rings (SSSR count). The van der Waals surface area contributed by atoms with Gasteiger partial charge in [0, 0.05) is 43.6 Å². The van der Waals surface area contributed by atoms with Crippen molar-refractivity contribution in [2.75, 3.05) is 6.54 Å². The number of rotatable bonds is 5. The minimum Gasteiger partial charge on any atom is -0.483 e. The number of carbonyl (C=O) groups excluding carboxylic acids is 1. The number of pyridine rings is 1. The molecule has 31 heavy (non-hydrogen) atoms. The molecule has 1 saturated heterocycles. The minimum atomic E-state index is -0.144. The van der Waals surface area contributed by atoms with Crippen LogP contribution in [0.15, 0.2) is 59.5 Å². The number of benzene rings is 1. The molecule has 0 spiro atoms. The van der Waals surface area contributed by atoms with Crippen LogP contribution < -0.4 is 4.74 Å². The number of imidazole rings is 1. The lowest BCUT2D eigenvalue weighted by Gasteiger charge is -2.34. The molecule has 0 aliphatic carbocycles. The van der Waals surface area contributed by atoms with Crippen LogP contribution in [0, 0.1) is 0 Å². The SMILES string of the molecule is Cn1ccnc1C1CCCCN1C(=O)c1cc(COc2cccc3cccnc23)on1. The second-order valence-electron chi connectivity index (χ2n) is 7.70. The number of para-hydroxylation sites is 1. The molecule has 0 bridgehead atoms. The molecule has 0 saturated carbocycles. The molecule has 8 nitrogen and oxygen atoms in total. The van der Waals surface area contributed by atoms with Gasteiger partial charge >= 0.3 is 0 Å². The van der Waals surface area contributed by atoms with Gasteiger partial charge in [-0.15, -0.1) is 0 Å². The van der Waals surface area contributed by atoms with E-state index in [1.807, 2.05) is 53.0 Å². The molecule has 1 aliphatic heterocycles. The molecule has 3 aromatic heterocycles. The van der Waals surface area contributed by atoms with E-state index in [1.54, 1.807) is 18.5 Å². The maximum atomic E-state index is 13.2. The van der Waals surface area contributed by atoms with E-state index in [0.717, 1.165) is 36.0 Å². The number of aryl methyl sites for hydroxylation is 1. The number of aromatic nitrogens is 4. The van der Waals surface area contributed by atoms with Crippen molar-refractivity contribution in [1.29, 1.82) is 0 Å². The number of likely N-dealkylation sites (tertiary alicyclic amines) is 1. The number of carbonyl (C=O) groups is 1. The second kappa shape index (κ2) is 8.22. The van der Waals surface area contributed by atoms with E-state index >= 15 is 0 Å². The smallest absolute Gasteiger partial charge is 0.276 e. The zero-order chi connectivity index (χ0) is 21.2. The topological polar surface area (TPSA) is 86.3 Å². The fourth-order valence-corrected chi connectivity index (χ4v) is 4.11. The average molecular weight is 417 g/mol. The van der Waals surface area contributed by atoms with Crippen LogP contribution in [0.1, 0.15) is 47.4 Å². The lowest BCUT2D eigenvalue weighted by molar-refractivity contribution is 0.0585. The standard InChI is InChI=1S/C23H23N5O3/c1-27-13-11-25-22(27)19-8-2-3-12-28(19)23(29)18-14-17(31-26-18)15-30-20-9-4-6-16-7-5-10-24-21(16)20/h4-7,9-11,13-14,19H,2-3,8,12,15H2,1H3. The first-order valence-corrected chi connectivity index (χ1v) is 10.4. The van der Waals surface area contributed by atoms with Crippen LogP contribution in [0.25, 0.3) is 10.9 Å². The van der Waals surface area contributed by atoms with Gasteiger partial charge in [-0.05, 0) is 31.4 Å². The van der Waals surface area contributed by atoms with E-state index in [9.17, 15) is 4.79 Å². The summed E-state index contributed by atoms with van der Waals surface area (Å²) in [5.41, 5.74) is 1.07. The Hall–Kier alpha value is -3.68. The third kappa shape index (κ3) is 3.76. The third-order valence-corrected chi connectivity index (χ3v) is 5.66. The fraction of sp³-hybridized carbons (Fsp3) is 0.304. The van der Waals surface area contributed by atoms with Crippen LogP contribution >= 0.6 is 0 Å². The van der Waals surface area contributed by atoms with Gasteiger partial charge < -0.3 is 18.7 Å². The zero-order valence-corrected chi connectivity index (χ0v) is 17.3. The van der Waals surface area contributed by atoms with E-state index in [1.165, 1.54) is 0 Å². The highest BCUT2D eigenvalue weighted by Gasteiger charge is 2.32. The van der Waals surface area contributed by atoms with E-state index in [-0.39, 0.29) is 24.2 Å². The summed E-state index contributed by atoms with van der Waals surface area (Å²) < 4.78 is 13.3. The Morgan fingerprint density at radius 1 is 1.19 bits per heavy atom. The highest BCUT2D eigenvalue weighted by Crippen LogP contribution is 2.31. The summed E-state index contributed by atoms with van der Waals surface area (Å²) in [5, 5.41) is 5.01. The molecular weight excluding hydrogens is 394 g/mol. The number of piperidine rings is 1. The number of hydrogen-bond acceptors (Lipinski definition) is 6. The molecule has 8 heteroatoms. The first-order valence-electron chi connectivity index (χ1n) is 10.4. The Morgan fingerprint density at radius 2 is 2.10 bits per heavy atom. The molecule has 0 N–H and O–H groups in total. The van der Waals surface area contributed by atoms with Crippen LogP contribution in [-0.4, -0.2) is 37.0 Å². The normalized spacial score (nSPS) is 16.5. The number of nitrogens with zero attached hydrogens (tertiary/aromatic N) is 5. The summed E-state index contributed by atoms with van der Waals surface area (Å²) in [6, 6.07) is 11.2. The van der Waals surface area contributed by atoms with Crippen LogP contribution in [0.4, 0.5) is 0 Å². The van der Waals surface area contributed by atoms with Crippen molar-refractivity contribution in [2.45, 2.75) is 31.9 Å². The summed E-state index contributed by atoms with van der Waals surface area (Å²) in [6.07, 6.45) is 8.32. The molecule has 1 aliphatic rings. The molecule has 4 heterocycles. The van der Waals surface area contributed by atoms with Crippen molar-refractivity contribution in [3.8, 4) is 5.75 Å². The van der Waals surface area contributed by atoms with Crippen LogP contribution in [0.3, 0.4) is 0 Å². The van der Waals surface area contributed by atoms with Crippen molar-refractivity contribution in [3.05, 3.63) is 72.3 Å². The number of amides is 1. The van der Waals surface area contributed by atoms with Crippen molar-refractivity contribution in [2.24, 2.45) is 7.05 Å². The van der Waals surface area contributed by atoms with Gasteiger partial charge in [0.15, 0.2) is 11.5 Å². The van der Waals surface area contributed by atoms with Gasteiger partial charge in [0.1, 0.15) is 23.7 Å². The van der Waals surface area contributed by atoms with Gasteiger partial charge in [0.05, 0.1) is 6.04 Å². The summed E-state index contributed by atoms with van der Waals surface area (Å²) in [6.45, 7) is 0.843. The van der Waals surface area contributed by atoms with E-state index in [4.69, 9.17) is 9.26 Å². The summed E-state index contributed by atoms with van der Waals surface area (Å²) in [5.74, 6) is 1.90. The maximum Gasteiger partial charge on any atom is 0.276 e. The van der Waals surface area contributed by atoms with Gasteiger partial charge in [-0.2, -0.15) is 0 Å². The van der Waals surface area contributed by atoms with E-state index in [0.29, 0.717) is 18.1 Å². The molecule has 1 amide bonds. The van der Waals surface area contributed by atoms with Gasteiger partial charge in [-0.1, -0.05) is 23.4 Å². The van der Waals surface area contributed by atoms with Crippen molar-refractivity contribution in [1.82, 2.24) is 24.6 Å². The molecule has 158 valence electrons. The Morgan fingerprint density at radius 3 is 2.97 bits per heavy atom. The van der Waals surface area contributed by atoms with Crippen LogP contribution in [0.5, 0.6) is 5.75 Å². The Bertz CT molecular complexity index is 1210. The van der Waals surface area contributed by atoms with E-state index < -0.39 is 0 Å². The van der Waals surface area contributed by atoms with Crippen LogP contribution in [0.2, 0.25) is 0 Å². The third-order valence-electron chi connectivity index (χ3n) is 5.66. The van der Waals surface area contributed by atoms with Gasteiger partial charge in [-0.25, -0.2) is 4.98 Å². The second-order valence-corrected chi connectivity index (χ2v) is 7.70. The predicted octanol–water partition coefficient (Wildman–Crippen LogP) is 3.90. The van der Waals surface area contributed by atoms with Gasteiger partial charge in [0.2, 0.25) is 0 Å². The Labute approximate surface area is 179 Å². The molecule has 1 fully saturated rings. The first kappa shape index (κ1) is 19.3. The monoisotopic (exact) mass is 417 g/mol. The quantitative estimate of drug-likeness (QED) is 0.489. The summed E-state index contributed by atoms with van der Waals surface area (Å²) in [4.78, 5) is 23.9. The maximum absolute atomic E-state index is 13.2. The van der Waals surface area contributed by atoms with Crippen molar-refractivity contribution < 1.29 is 14.1 Å². The summed E-state index contributed by atoms with van der Waals surface area (Å²) in [7, 11) is 1.95. The number of ether oxygens (including phenoxy) is 1. The van der Waals surface area contributed by atoms with E-state index in [2.05, 4.69) is 15.1 Å². The Kier molecular flexibility index (Phi) is 5.11. The Balaban J connectivity index is 1.31. The number of hydrogen-bond donors (Lipinski definition) is 0. The highest BCUT2D eigenvalue weighted by molar-refractivity contribution is 5.92. The number of fused-ring (bicyclic) bond motifs is 1. The minimum absolute atomic E-state index is 0.0561. The highest BCUT2D eigenvalue weighted by atomic mass is 16.5. The predicted molar refractivity (Wildman–Crippen MR) is 113 cm³/mol. The molecule has 4 aromatic rings. The average Bonchev–Trinajstić information content (AvgIpc) is 3.46. The van der Waals surface area contributed by atoms with Crippen molar-refractivity contribution in [3.63, 3.8) is 0 Å². The molecule has 1 atom stereocenters. The lowest BCUT2D eigenvalue weighted by Crippen LogP contribution is -2.39. The van der Waals surface area contributed by atoms with Crippen molar-refractivity contribution >= 4 is 16.8 Å².